The Hall–Kier alpha value is -1.39. The monoisotopic (exact) mass is 354 g/mol. The van der Waals surface area contributed by atoms with Crippen LogP contribution in [0.25, 0.3) is 0 Å². The Balaban J connectivity index is 2.52. The molecule has 11 heteroatoms. The zero-order valence-electron chi connectivity index (χ0n) is 10.1. The van der Waals surface area contributed by atoms with Crippen LogP contribution in [0.4, 0.5) is 5.69 Å². The lowest BCUT2D eigenvalue weighted by Crippen LogP contribution is -2.26. The average Bonchev–Trinajstić information content (AvgIpc) is 2.72. The van der Waals surface area contributed by atoms with Crippen LogP contribution in [0.2, 0.25) is 10.0 Å². The standard InChI is InChI=1S/C10H8Cl2N2O6S/c11-4-2-8(21(18,19)20)5(12)1-7(4)14-9(15)3-6(13-14)10(16)17/h1-2,9,15H,3H2,(H,16,17)(H,18,19,20). The molecule has 0 aromatic heterocycles. The molecule has 1 heterocycles. The lowest BCUT2D eigenvalue weighted by atomic mass is 10.2. The Morgan fingerprint density at radius 2 is 1.95 bits per heavy atom. The number of aliphatic hydroxyl groups excluding tert-OH is 1. The first-order valence-electron chi connectivity index (χ1n) is 5.36. The van der Waals surface area contributed by atoms with E-state index in [1.165, 1.54) is 0 Å². The lowest BCUT2D eigenvalue weighted by Gasteiger charge is -2.20. The molecule has 8 nitrogen and oxygen atoms in total. The maximum atomic E-state index is 11.1. The molecule has 0 radical (unpaired) electrons. The van der Waals surface area contributed by atoms with Gasteiger partial charge in [-0.25, -0.2) is 9.80 Å². The first kappa shape index (κ1) is 16.0. The van der Waals surface area contributed by atoms with Crippen LogP contribution in [-0.2, 0) is 14.9 Å². The van der Waals surface area contributed by atoms with Gasteiger partial charge >= 0.3 is 5.97 Å². The Bertz CT molecular complexity index is 748. The lowest BCUT2D eigenvalue weighted by molar-refractivity contribution is -0.129. The van der Waals surface area contributed by atoms with Gasteiger partial charge in [0.2, 0.25) is 0 Å². The van der Waals surface area contributed by atoms with Gasteiger partial charge in [0, 0.05) is 6.42 Å². The van der Waals surface area contributed by atoms with Crippen molar-refractivity contribution in [3.05, 3.63) is 22.2 Å². The number of halogens is 2. The smallest absolute Gasteiger partial charge is 0.352 e. The number of aliphatic hydroxyl groups is 1. The highest BCUT2D eigenvalue weighted by Crippen LogP contribution is 2.36. The van der Waals surface area contributed by atoms with Gasteiger partial charge in [-0.3, -0.25) is 4.55 Å². The molecule has 2 rings (SSSR count). The summed E-state index contributed by atoms with van der Waals surface area (Å²) < 4.78 is 31.2. The van der Waals surface area contributed by atoms with Gasteiger partial charge in [-0.15, -0.1) is 0 Å². The molecule has 21 heavy (non-hydrogen) atoms. The summed E-state index contributed by atoms with van der Waals surface area (Å²) >= 11 is 11.6. The summed E-state index contributed by atoms with van der Waals surface area (Å²) in [6, 6.07) is 1.94. The first-order valence-corrected chi connectivity index (χ1v) is 7.55. The Kier molecular flexibility index (Phi) is 4.13. The maximum Gasteiger partial charge on any atom is 0.352 e. The van der Waals surface area contributed by atoms with E-state index in [2.05, 4.69) is 5.10 Å². The van der Waals surface area contributed by atoms with Crippen LogP contribution in [-0.4, -0.2) is 41.1 Å². The number of aliphatic carboxylic acids is 1. The molecule has 3 N–H and O–H groups in total. The van der Waals surface area contributed by atoms with Gasteiger partial charge in [-0.05, 0) is 12.1 Å². The Morgan fingerprint density at radius 3 is 2.43 bits per heavy atom. The van der Waals surface area contributed by atoms with E-state index in [1.807, 2.05) is 0 Å². The van der Waals surface area contributed by atoms with E-state index in [-0.39, 0.29) is 27.9 Å². The van der Waals surface area contributed by atoms with Crippen LogP contribution < -0.4 is 5.01 Å². The van der Waals surface area contributed by atoms with Crippen LogP contribution in [0.5, 0.6) is 0 Å². The van der Waals surface area contributed by atoms with Crippen LogP contribution in [0.15, 0.2) is 22.1 Å². The van der Waals surface area contributed by atoms with Gasteiger partial charge in [-0.1, -0.05) is 23.2 Å². The van der Waals surface area contributed by atoms with Gasteiger partial charge < -0.3 is 10.2 Å². The van der Waals surface area contributed by atoms with Gasteiger partial charge in [0.25, 0.3) is 10.1 Å². The average molecular weight is 355 g/mol. The molecule has 1 aromatic carbocycles. The van der Waals surface area contributed by atoms with E-state index >= 15 is 0 Å². The number of hydrogen-bond acceptors (Lipinski definition) is 6. The summed E-state index contributed by atoms with van der Waals surface area (Å²) in [7, 11) is -4.56. The number of anilines is 1. The largest absolute Gasteiger partial charge is 0.477 e. The predicted molar refractivity (Wildman–Crippen MR) is 74.5 cm³/mol. The summed E-state index contributed by atoms with van der Waals surface area (Å²) in [6.45, 7) is 0. The highest BCUT2D eigenvalue weighted by molar-refractivity contribution is 7.86. The second kappa shape index (κ2) is 5.43. The minimum absolute atomic E-state index is 0.0119. The fourth-order valence-corrected chi connectivity index (χ4v) is 3.07. The molecule has 1 atom stereocenters. The first-order chi connectivity index (χ1) is 9.61. The molecule has 114 valence electrons. The molecule has 0 amide bonds. The molecule has 1 aromatic rings. The fraction of sp³-hybridized carbons (Fsp3) is 0.200. The van der Waals surface area contributed by atoms with Gasteiger partial charge in [0.1, 0.15) is 4.90 Å². The minimum Gasteiger partial charge on any atom is -0.477 e. The molecule has 1 aliphatic heterocycles. The van der Waals surface area contributed by atoms with E-state index in [0.717, 1.165) is 17.1 Å². The van der Waals surface area contributed by atoms with Crippen molar-refractivity contribution < 1.29 is 28.0 Å². The van der Waals surface area contributed by atoms with E-state index < -0.39 is 27.2 Å². The van der Waals surface area contributed by atoms with Crippen molar-refractivity contribution in [1.82, 2.24) is 0 Å². The molecule has 0 spiro atoms. The highest BCUT2D eigenvalue weighted by atomic mass is 35.5. The topological polar surface area (TPSA) is 128 Å². The van der Waals surface area contributed by atoms with E-state index in [0.29, 0.717) is 0 Å². The van der Waals surface area contributed by atoms with Crippen molar-refractivity contribution in [2.45, 2.75) is 17.5 Å². The van der Waals surface area contributed by atoms with Crippen molar-refractivity contribution in [2.24, 2.45) is 5.10 Å². The van der Waals surface area contributed by atoms with Crippen molar-refractivity contribution in [3.8, 4) is 0 Å². The number of nitrogens with zero attached hydrogens (tertiary/aromatic N) is 2. The van der Waals surface area contributed by atoms with Gasteiger partial charge in [0.15, 0.2) is 11.9 Å². The summed E-state index contributed by atoms with van der Waals surface area (Å²) in [5.41, 5.74) is -0.272. The third kappa shape index (κ3) is 3.11. The quantitative estimate of drug-likeness (QED) is 0.695. The molecule has 0 bridgehead atoms. The van der Waals surface area contributed by atoms with Crippen molar-refractivity contribution in [2.75, 3.05) is 5.01 Å². The van der Waals surface area contributed by atoms with Crippen LogP contribution >= 0.6 is 23.2 Å². The molecule has 0 saturated heterocycles. The molecular formula is C10H8Cl2N2O6S. The van der Waals surface area contributed by atoms with Crippen molar-refractivity contribution in [3.63, 3.8) is 0 Å². The second-order valence-electron chi connectivity index (χ2n) is 4.09. The summed E-state index contributed by atoms with van der Waals surface area (Å²) in [5, 5.41) is 22.7. The number of rotatable bonds is 3. The van der Waals surface area contributed by atoms with E-state index in [1.54, 1.807) is 0 Å². The SMILES string of the molecule is O=C(O)C1=NN(c2cc(Cl)c(S(=O)(=O)O)cc2Cl)C(O)C1. The third-order valence-corrected chi connectivity index (χ3v) is 4.28. The number of hydrogen-bond donors (Lipinski definition) is 3. The fourth-order valence-electron chi connectivity index (χ4n) is 1.73. The normalized spacial score (nSPS) is 18.8. The molecule has 1 unspecified atom stereocenters. The zero-order chi connectivity index (χ0) is 15.9. The number of hydrazone groups is 1. The maximum absolute atomic E-state index is 11.1. The second-order valence-corrected chi connectivity index (χ2v) is 6.29. The molecular weight excluding hydrogens is 347 g/mol. The Labute approximate surface area is 128 Å². The minimum atomic E-state index is -4.56. The van der Waals surface area contributed by atoms with E-state index in [9.17, 15) is 18.3 Å². The highest BCUT2D eigenvalue weighted by Gasteiger charge is 2.31. The number of carboxylic acids is 1. The van der Waals surface area contributed by atoms with Gasteiger partial charge in [-0.2, -0.15) is 13.5 Å². The zero-order valence-corrected chi connectivity index (χ0v) is 12.4. The van der Waals surface area contributed by atoms with Crippen LogP contribution in [0.3, 0.4) is 0 Å². The molecule has 0 saturated carbocycles. The Morgan fingerprint density at radius 1 is 1.33 bits per heavy atom. The molecule has 1 aliphatic rings. The number of carboxylic acid groups (broad SMARTS) is 1. The summed E-state index contributed by atoms with van der Waals surface area (Å²) in [6.07, 6.45) is -1.51. The molecule has 0 fully saturated rings. The third-order valence-electron chi connectivity index (χ3n) is 2.66. The summed E-state index contributed by atoms with van der Waals surface area (Å²) in [4.78, 5) is 10.2. The number of carbonyl (C=O) groups is 1. The number of benzene rings is 1. The van der Waals surface area contributed by atoms with Gasteiger partial charge in [0.05, 0.1) is 15.7 Å². The summed E-state index contributed by atoms with van der Waals surface area (Å²) in [5.74, 6) is -1.30. The van der Waals surface area contributed by atoms with E-state index in [4.69, 9.17) is 32.9 Å². The van der Waals surface area contributed by atoms with Crippen molar-refractivity contribution in [1.29, 1.82) is 0 Å². The van der Waals surface area contributed by atoms with Crippen LogP contribution in [0.1, 0.15) is 6.42 Å². The van der Waals surface area contributed by atoms with Crippen molar-refractivity contribution >= 4 is 50.7 Å². The van der Waals surface area contributed by atoms with Crippen LogP contribution in [0, 0.1) is 0 Å². The predicted octanol–water partition coefficient (Wildman–Crippen LogP) is 1.21. The molecule has 0 aliphatic carbocycles.